The molecule has 7 nitrogen and oxygen atoms in total. The van der Waals surface area contributed by atoms with E-state index < -0.39 is 0 Å². The minimum Gasteiger partial charge on any atom is -0.495 e. The van der Waals surface area contributed by atoms with Gasteiger partial charge in [-0.05, 0) is 43.2 Å². The Kier molecular flexibility index (Phi) is 6.54. The van der Waals surface area contributed by atoms with E-state index in [1.54, 1.807) is 7.11 Å². The highest BCUT2D eigenvalue weighted by Crippen LogP contribution is 2.25. The number of benzene rings is 2. The van der Waals surface area contributed by atoms with Crippen LogP contribution in [0.5, 0.6) is 11.5 Å². The monoisotopic (exact) mass is 398 g/mol. The van der Waals surface area contributed by atoms with Gasteiger partial charge < -0.3 is 14.8 Å². The second-order valence-electron chi connectivity index (χ2n) is 6.16. The molecule has 0 saturated heterocycles. The zero-order valence-electron chi connectivity index (χ0n) is 16.0. The van der Waals surface area contributed by atoms with Crippen LogP contribution in [0.2, 0.25) is 0 Å². The summed E-state index contributed by atoms with van der Waals surface area (Å²) in [7, 11) is 1.57. The number of nitrogens with zero attached hydrogens (tertiary/aromatic N) is 2. The number of aryl methyl sites for hydroxylation is 2. The van der Waals surface area contributed by atoms with Crippen molar-refractivity contribution in [2.45, 2.75) is 25.6 Å². The van der Waals surface area contributed by atoms with E-state index in [9.17, 15) is 4.79 Å². The SMILES string of the molecule is COc1ccc(C)cc1NC(=O)CSc1n[nH]c(COc2ccccc2C)n1. The topological polar surface area (TPSA) is 89.1 Å². The van der Waals surface area contributed by atoms with Crippen LogP contribution in [0.3, 0.4) is 0 Å². The lowest BCUT2D eigenvalue weighted by molar-refractivity contribution is -0.113. The minimum absolute atomic E-state index is 0.156. The molecule has 0 fully saturated rings. The van der Waals surface area contributed by atoms with E-state index in [-0.39, 0.29) is 18.3 Å². The lowest BCUT2D eigenvalue weighted by atomic mass is 10.2. The number of para-hydroxylation sites is 1. The molecule has 28 heavy (non-hydrogen) atoms. The average molecular weight is 398 g/mol. The van der Waals surface area contributed by atoms with Gasteiger partial charge in [-0.2, -0.15) is 0 Å². The zero-order chi connectivity index (χ0) is 19.9. The molecule has 0 aliphatic heterocycles. The number of rotatable bonds is 8. The number of anilines is 1. The summed E-state index contributed by atoms with van der Waals surface area (Å²) in [5.74, 6) is 2.06. The smallest absolute Gasteiger partial charge is 0.234 e. The van der Waals surface area contributed by atoms with Gasteiger partial charge in [0.1, 0.15) is 18.1 Å². The number of thioether (sulfide) groups is 1. The van der Waals surface area contributed by atoms with Crippen LogP contribution in [0.15, 0.2) is 47.6 Å². The molecule has 3 rings (SSSR count). The molecule has 146 valence electrons. The van der Waals surface area contributed by atoms with Gasteiger partial charge in [0.05, 0.1) is 18.6 Å². The fourth-order valence-corrected chi connectivity index (χ4v) is 3.12. The molecular weight excluding hydrogens is 376 g/mol. The summed E-state index contributed by atoms with van der Waals surface area (Å²) >= 11 is 1.25. The molecule has 0 bridgehead atoms. The molecule has 1 heterocycles. The van der Waals surface area contributed by atoms with E-state index in [1.165, 1.54) is 11.8 Å². The highest BCUT2D eigenvalue weighted by molar-refractivity contribution is 7.99. The van der Waals surface area contributed by atoms with Crippen LogP contribution < -0.4 is 14.8 Å². The predicted octanol–water partition coefficient (Wildman–Crippen LogP) is 3.74. The minimum atomic E-state index is -0.156. The first-order valence-corrected chi connectivity index (χ1v) is 9.70. The highest BCUT2D eigenvalue weighted by Gasteiger charge is 2.11. The number of hydrogen-bond donors (Lipinski definition) is 2. The Morgan fingerprint density at radius 3 is 2.79 bits per heavy atom. The summed E-state index contributed by atoms with van der Waals surface area (Å²) in [6.45, 7) is 4.22. The zero-order valence-corrected chi connectivity index (χ0v) is 16.8. The van der Waals surface area contributed by atoms with Crippen LogP contribution in [-0.2, 0) is 11.4 Å². The largest absolute Gasteiger partial charge is 0.495 e. The molecule has 0 aliphatic carbocycles. The van der Waals surface area contributed by atoms with E-state index >= 15 is 0 Å². The first kappa shape index (κ1) is 19.8. The number of aromatic nitrogens is 3. The van der Waals surface area contributed by atoms with Gasteiger partial charge in [0.25, 0.3) is 0 Å². The van der Waals surface area contributed by atoms with Crippen LogP contribution in [0, 0.1) is 13.8 Å². The number of hydrogen-bond acceptors (Lipinski definition) is 6. The first-order valence-electron chi connectivity index (χ1n) is 8.72. The molecular formula is C20H22N4O3S. The third-order valence-electron chi connectivity index (χ3n) is 3.93. The van der Waals surface area contributed by atoms with Crippen molar-refractivity contribution in [3.05, 3.63) is 59.4 Å². The van der Waals surface area contributed by atoms with Gasteiger partial charge in [-0.25, -0.2) is 4.98 Å². The predicted molar refractivity (Wildman–Crippen MR) is 109 cm³/mol. The molecule has 1 amide bonds. The third-order valence-corrected chi connectivity index (χ3v) is 4.78. The summed E-state index contributed by atoms with van der Waals surface area (Å²) < 4.78 is 11.0. The van der Waals surface area contributed by atoms with Crippen LogP contribution in [0.4, 0.5) is 5.69 Å². The lowest BCUT2D eigenvalue weighted by Crippen LogP contribution is -2.15. The van der Waals surface area contributed by atoms with E-state index in [4.69, 9.17) is 9.47 Å². The molecule has 2 N–H and O–H groups in total. The van der Waals surface area contributed by atoms with Crippen molar-refractivity contribution in [3.8, 4) is 11.5 Å². The number of H-pyrrole nitrogens is 1. The van der Waals surface area contributed by atoms with Crippen molar-refractivity contribution >= 4 is 23.4 Å². The Balaban J connectivity index is 1.51. The van der Waals surface area contributed by atoms with Crippen LogP contribution in [0.25, 0.3) is 0 Å². The standard InChI is InChI=1S/C20H22N4O3S/c1-13-8-9-17(26-3)15(10-13)21-19(25)12-28-20-22-18(23-24-20)11-27-16-7-5-4-6-14(16)2/h4-10H,11-12H2,1-3H3,(H,21,25)(H,22,23,24). The highest BCUT2D eigenvalue weighted by atomic mass is 32.2. The maximum absolute atomic E-state index is 12.2. The van der Waals surface area contributed by atoms with Crippen molar-refractivity contribution in [3.63, 3.8) is 0 Å². The van der Waals surface area contributed by atoms with Crippen LogP contribution in [0.1, 0.15) is 17.0 Å². The number of ether oxygens (including phenoxy) is 2. The summed E-state index contributed by atoms with van der Waals surface area (Å²) in [6, 6.07) is 13.4. The van der Waals surface area contributed by atoms with Crippen molar-refractivity contribution in [2.24, 2.45) is 0 Å². The average Bonchev–Trinajstić information content (AvgIpc) is 3.14. The summed E-state index contributed by atoms with van der Waals surface area (Å²) in [5, 5.41) is 10.3. The van der Waals surface area contributed by atoms with Gasteiger partial charge in [0.15, 0.2) is 5.82 Å². The van der Waals surface area contributed by atoms with Gasteiger partial charge in [-0.3, -0.25) is 9.89 Å². The Bertz CT molecular complexity index is 958. The maximum atomic E-state index is 12.2. The Labute approximate surface area is 167 Å². The van der Waals surface area contributed by atoms with Gasteiger partial charge in [0, 0.05) is 0 Å². The van der Waals surface area contributed by atoms with Crippen molar-refractivity contribution in [1.29, 1.82) is 0 Å². The summed E-state index contributed by atoms with van der Waals surface area (Å²) in [6.07, 6.45) is 0. The number of aromatic amines is 1. The number of carbonyl (C=O) groups excluding carboxylic acids is 1. The Morgan fingerprint density at radius 1 is 1.18 bits per heavy atom. The van der Waals surface area contributed by atoms with E-state index in [0.29, 0.717) is 22.4 Å². The molecule has 1 aromatic heterocycles. The molecule has 0 unspecified atom stereocenters. The Hall–Kier alpha value is -3.00. The summed E-state index contributed by atoms with van der Waals surface area (Å²) in [4.78, 5) is 16.6. The fourth-order valence-electron chi connectivity index (χ4n) is 2.51. The van der Waals surface area contributed by atoms with Crippen molar-refractivity contribution in [2.75, 3.05) is 18.2 Å². The van der Waals surface area contributed by atoms with Crippen LogP contribution >= 0.6 is 11.8 Å². The second kappa shape index (κ2) is 9.27. The lowest BCUT2D eigenvalue weighted by Gasteiger charge is -2.10. The Morgan fingerprint density at radius 2 is 2.00 bits per heavy atom. The molecule has 0 radical (unpaired) electrons. The van der Waals surface area contributed by atoms with E-state index in [1.807, 2.05) is 56.3 Å². The summed E-state index contributed by atoms with van der Waals surface area (Å²) in [5.41, 5.74) is 2.74. The van der Waals surface area contributed by atoms with Gasteiger partial charge in [-0.1, -0.05) is 36.0 Å². The first-order chi connectivity index (χ1) is 13.5. The quantitative estimate of drug-likeness (QED) is 0.562. The molecule has 3 aromatic rings. The fraction of sp³-hybridized carbons (Fsp3) is 0.250. The molecule has 0 saturated carbocycles. The van der Waals surface area contributed by atoms with Crippen LogP contribution in [-0.4, -0.2) is 34.0 Å². The third kappa shape index (κ3) is 5.26. The second-order valence-corrected chi connectivity index (χ2v) is 7.10. The number of nitrogens with one attached hydrogen (secondary N) is 2. The number of methoxy groups -OCH3 is 1. The number of carbonyl (C=O) groups is 1. The van der Waals surface area contributed by atoms with E-state index in [2.05, 4.69) is 20.5 Å². The van der Waals surface area contributed by atoms with Crippen molar-refractivity contribution in [1.82, 2.24) is 15.2 Å². The molecule has 0 atom stereocenters. The van der Waals surface area contributed by atoms with Gasteiger partial charge in [-0.15, -0.1) is 5.10 Å². The number of amides is 1. The van der Waals surface area contributed by atoms with Gasteiger partial charge in [0.2, 0.25) is 11.1 Å². The normalized spacial score (nSPS) is 10.5. The van der Waals surface area contributed by atoms with Gasteiger partial charge >= 0.3 is 0 Å². The molecule has 0 aliphatic rings. The van der Waals surface area contributed by atoms with E-state index in [0.717, 1.165) is 16.9 Å². The maximum Gasteiger partial charge on any atom is 0.234 e. The molecule has 0 spiro atoms. The molecule has 8 heteroatoms. The molecule has 2 aromatic carbocycles. The van der Waals surface area contributed by atoms with Crippen molar-refractivity contribution < 1.29 is 14.3 Å².